The van der Waals surface area contributed by atoms with Gasteiger partial charge in [0.05, 0.1) is 18.7 Å². The molecule has 0 aliphatic carbocycles. The van der Waals surface area contributed by atoms with E-state index in [0.717, 1.165) is 5.56 Å². The Bertz CT molecular complexity index is 771. The maximum absolute atomic E-state index is 12.6. The molecule has 3 rings (SSSR count). The van der Waals surface area contributed by atoms with Crippen molar-refractivity contribution in [3.8, 4) is 5.75 Å². The van der Waals surface area contributed by atoms with E-state index in [1.54, 1.807) is 11.9 Å². The van der Waals surface area contributed by atoms with Crippen LogP contribution < -0.4 is 9.64 Å². The second-order valence-corrected chi connectivity index (χ2v) is 6.28. The lowest BCUT2D eigenvalue weighted by Crippen LogP contribution is -2.41. The van der Waals surface area contributed by atoms with Gasteiger partial charge in [0.1, 0.15) is 12.3 Å². The molecular formula is C20H22N2O3. The number of likely N-dealkylation sites (N-methyl/N-ethyl adjacent to an activating group) is 1. The molecule has 0 spiro atoms. The highest BCUT2D eigenvalue weighted by atomic mass is 16.5. The quantitative estimate of drug-likeness (QED) is 0.861. The zero-order valence-electron chi connectivity index (χ0n) is 14.6. The Balaban J connectivity index is 1.72. The summed E-state index contributed by atoms with van der Waals surface area (Å²) in [7, 11) is 1.76. The highest BCUT2D eigenvalue weighted by Crippen LogP contribution is 2.30. The van der Waals surface area contributed by atoms with Gasteiger partial charge < -0.3 is 9.64 Å². The number of para-hydroxylation sites is 2. The van der Waals surface area contributed by atoms with E-state index >= 15 is 0 Å². The summed E-state index contributed by atoms with van der Waals surface area (Å²) >= 11 is 0. The van der Waals surface area contributed by atoms with Gasteiger partial charge in [0.25, 0.3) is 0 Å². The van der Waals surface area contributed by atoms with Crippen molar-refractivity contribution in [3.63, 3.8) is 0 Å². The van der Waals surface area contributed by atoms with Crippen molar-refractivity contribution < 1.29 is 14.3 Å². The first-order chi connectivity index (χ1) is 12.0. The monoisotopic (exact) mass is 338 g/mol. The summed E-state index contributed by atoms with van der Waals surface area (Å²) in [6.45, 7) is 2.89. The third-order valence-corrected chi connectivity index (χ3v) is 4.29. The summed E-state index contributed by atoms with van der Waals surface area (Å²) < 4.78 is 5.61. The molecule has 0 N–H and O–H groups in total. The van der Waals surface area contributed by atoms with E-state index in [4.69, 9.17) is 4.74 Å². The molecule has 2 aromatic carbocycles. The molecular weight excluding hydrogens is 316 g/mol. The van der Waals surface area contributed by atoms with E-state index in [-0.39, 0.29) is 24.8 Å². The van der Waals surface area contributed by atoms with Gasteiger partial charge in [0.2, 0.25) is 11.8 Å². The number of fused-ring (bicyclic) bond motifs is 1. The number of rotatable bonds is 4. The zero-order chi connectivity index (χ0) is 17.8. The van der Waals surface area contributed by atoms with Crippen LogP contribution in [0.15, 0.2) is 48.5 Å². The molecule has 0 atom stereocenters. The minimum Gasteiger partial charge on any atom is -0.491 e. The van der Waals surface area contributed by atoms with E-state index in [1.807, 2.05) is 55.5 Å². The molecule has 5 nitrogen and oxygen atoms in total. The Morgan fingerprint density at radius 1 is 1.16 bits per heavy atom. The van der Waals surface area contributed by atoms with Gasteiger partial charge in [0.15, 0.2) is 0 Å². The second-order valence-electron chi connectivity index (χ2n) is 6.28. The Morgan fingerprint density at radius 3 is 2.64 bits per heavy atom. The molecule has 0 saturated carbocycles. The maximum atomic E-state index is 12.6. The summed E-state index contributed by atoms with van der Waals surface area (Å²) in [4.78, 5) is 28.2. The van der Waals surface area contributed by atoms with E-state index in [9.17, 15) is 9.59 Å². The number of benzene rings is 2. The standard InChI is InChI=1S/C20H22N2O3/c1-15-7-9-16(10-8-15)13-21(2)20(24)14-22-17-5-3-4-6-18(17)25-12-11-19(22)23/h3-10H,11-14H2,1-2H3. The Labute approximate surface area is 147 Å². The van der Waals surface area contributed by atoms with Crippen molar-refractivity contribution >= 4 is 17.5 Å². The number of carbonyl (C=O) groups excluding carboxylic acids is 2. The Kier molecular flexibility index (Phi) is 5.03. The highest BCUT2D eigenvalue weighted by molar-refractivity contribution is 6.00. The molecule has 0 bridgehead atoms. The molecule has 0 unspecified atom stereocenters. The van der Waals surface area contributed by atoms with Crippen LogP contribution in [0.25, 0.3) is 0 Å². The first-order valence-electron chi connectivity index (χ1n) is 8.36. The third-order valence-electron chi connectivity index (χ3n) is 4.29. The van der Waals surface area contributed by atoms with Gasteiger partial charge >= 0.3 is 0 Å². The number of aryl methyl sites for hydroxylation is 1. The average Bonchev–Trinajstić information content (AvgIpc) is 2.76. The molecule has 25 heavy (non-hydrogen) atoms. The number of nitrogens with zero attached hydrogens (tertiary/aromatic N) is 2. The van der Waals surface area contributed by atoms with Crippen LogP contribution in [-0.2, 0) is 16.1 Å². The Morgan fingerprint density at radius 2 is 1.88 bits per heavy atom. The molecule has 130 valence electrons. The molecule has 0 fully saturated rings. The summed E-state index contributed by atoms with van der Waals surface area (Å²) in [5.41, 5.74) is 2.90. The maximum Gasteiger partial charge on any atom is 0.242 e. The van der Waals surface area contributed by atoms with Gasteiger partial charge in [-0.05, 0) is 24.6 Å². The molecule has 2 amide bonds. The van der Waals surface area contributed by atoms with Gasteiger partial charge in [-0.1, -0.05) is 42.0 Å². The molecule has 2 aromatic rings. The lowest BCUT2D eigenvalue weighted by Gasteiger charge is -2.25. The van der Waals surface area contributed by atoms with Gasteiger partial charge in [-0.2, -0.15) is 0 Å². The van der Waals surface area contributed by atoms with Crippen molar-refractivity contribution in [3.05, 3.63) is 59.7 Å². The van der Waals surface area contributed by atoms with Crippen molar-refractivity contribution in [2.75, 3.05) is 25.1 Å². The fourth-order valence-corrected chi connectivity index (χ4v) is 2.80. The van der Waals surface area contributed by atoms with Crippen LogP contribution in [0.3, 0.4) is 0 Å². The van der Waals surface area contributed by atoms with Crippen molar-refractivity contribution in [2.24, 2.45) is 0 Å². The number of carbonyl (C=O) groups is 2. The average molecular weight is 338 g/mol. The van der Waals surface area contributed by atoms with Crippen LogP contribution in [0.1, 0.15) is 17.5 Å². The fraction of sp³-hybridized carbons (Fsp3) is 0.300. The first-order valence-corrected chi connectivity index (χ1v) is 8.36. The van der Waals surface area contributed by atoms with Crippen LogP contribution in [0.5, 0.6) is 5.75 Å². The van der Waals surface area contributed by atoms with Gasteiger partial charge in [-0.3, -0.25) is 14.5 Å². The van der Waals surface area contributed by atoms with Gasteiger partial charge in [-0.25, -0.2) is 0 Å². The minimum absolute atomic E-state index is 0.0154. The van der Waals surface area contributed by atoms with Crippen LogP contribution in [0.4, 0.5) is 5.69 Å². The molecule has 0 aromatic heterocycles. The highest BCUT2D eigenvalue weighted by Gasteiger charge is 2.26. The normalized spacial score (nSPS) is 13.7. The molecule has 0 saturated heterocycles. The van der Waals surface area contributed by atoms with Gasteiger partial charge in [-0.15, -0.1) is 0 Å². The molecule has 5 heteroatoms. The summed E-state index contributed by atoms with van der Waals surface area (Å²) in [6.07, 6.45) is 0.267. The summed E-state index contributed by atoms with van der Waals surface area (Å²) in [5.74, 6) is 0.440. The lowest BCUT2D eigenvalue weighted by molar-refractivity contribution is -0.130. The number of amides is 2. The van der Waals surface area contributed by atoms with Crippen LogP contribution >= 0.6 is 0 Å². The van der Waals surface area contributed by atoms with Crippen LogP contribution in [0, 0.1) is 6.92 Å². The number of hydrogen-bond donors (Lipinski definition) is 0. The number of ether oxygens (including phenoxy) is 1. The topological polar surface area (TPSA) is 49.9 Å². The Hall–Kier alpha value is -2.82. The van der Waals surface area contributed by atoms with E-state index in [2.05, 4.69) is 0 Å². The predicted molar refractivity (Wildman–Crippen MR) is 96.6 cm³/mol. The number of hydrogen-bond acceptors (Lipinski definition) is 3. The molecule has 1 heterocycles. The zero-order valence-corrected chi connectivity index (χ0v) is 14.6. The van der Waals surface area contributed by atoms with Crippen molar-refractivity contribution in [1.82, 2.24) is 4.90 Å². The fourth-order valence-electron chi connectivity index (χ4n) is 2.80. The first kappa shape index (κ1) is 17.0. The molecule has 1 aliphatic rings. The van der Waals surface area contributed by atoms with Crippen molar-refractivity contribution in [1.29, 1.82) is 0 Å². The second kappa shape index (κ2) is 7.38. The largest absolute Gasteiger partial charge is 0.491 e. The van der Waals surface area contributed by atoms with Crippen LogP contribution in [0.2, 0.25) is 0 Å². The van der Waals surface area contributed by atoms with Crippen molar-refractivity contribution in [2.45, 2.75) is 19.9 Å². The molecule has 0 radical (unpaired) electrons. The molecule has 1 aliphatic heterocycles. The SMILES string of the molecule is Cc1ccc(CN(C)C(=O)CN2C(=O)CCOc3ccccc32)cc1. The summed E-state index contributed by atoms with van der Waals surface area (Å²) in [6, 6.07) is 15.4. The summed E-state index contributed by atoms with van der Waals surface area (Å²) in [5, 5.41) is 0. The smallest absolute Gasteiger partial charge is 0.242 e. The van der Waals surface area contributed by atoms with Gasteiger partial charge in [0, 0.05) is 13.6 Å². The predicted octanol–water partition coefficient (Wildman–Crippen LogP) is 2.77. The van der Waals surface area contributed by atoms with E-state index in [1.165, 1.54) is 10.5 Å². The van der Waals surface area contributed by atoms with E-state index in [0.29, 0.717) is 24.6 Å². The third kappa shape index (κ3) is 3.99. The lowest BCUT2D eigenvalue weighted by atomic mass is 10.1. The minimum atomic E-state index is -0.106. The van der Waals surface area contributed by atoms with E-state index < -0.39 is 0 Å². The number of anilines is 1. The van der Waals surface area contributed by atoms with Crippen LogP contribution in [-0.4, -0.2) is 36.9 Å².